The molecule has 0 spiro atoms. The summed E-state index contributed by atoms with van der Waals surface area (Å²) in [6.07, 6.45) is -3.75. The summed E-state index contributed by atoms with van der Waals surface area (Å²) in [7, 11) is 0. The fourth-order valence-corrected chi connectivity index (χ4v) is 3.82. The number of ether oxygens (including phenoxy) is 2. The topological polar surface area (TPSA) is 77.8 Å². The number of rotatable bonds is 4. The van der Waals surface area contributed by atoms with Gasteiger partial charge in [0.1, 0.15) is 13.2 Å². The van der Waals surface area contributed by atoms with Crippen LogP contribution in [-0.4, -0.2) is 39.5 Å². The van der Waals surface area contributed by atoms with Crippen LogP contribution in [0.5, 0.6) is 11.5 Å². The Bertz CT molecular complexity index is 1140. The van der Waals surface area contributed by atoms with E-state index in [9.17, 15) is 18.0 Å². The molecule has 1 amide bonds. The summed E-state index contributed by atoms with van der Waals surface area (Å²) in [5, 5.41) is 10.4. The lowest BCUT2D eigenvalue weighted by Gasteiger charge is -2.20. The second kappa shape index (κ2) is 8.05. The molecule has 13 heteroatoms. The Balaban J connectivity index is 1.49. The van der Waals surface area contributed by atoms with E-state index in [0.29, 0.717) is 30.4 Å². The smallest absolute Gasteiger partial charge is 0.417 e. The van der Waals surface area contributed by atoms with Crippen molar-refractivity contribution in [1.29, 1.82) is 0 Å². The van der Waals surface area contributed by atoms with E-state index in [2.05, 4.69) is 15.5 Å². The van der Waals surface area contributed by atoms with Gasteiger partial charge in [-0.1, -0.05) is 35.0 Å². The van der Waals surface area contributed by atoms with Gasteiger partial charge in [0.05, 0.1) is 27.0 Å². The number of halogens is 5. The van der Waals surface area contributed by atoms with Gasteiger partial charge in [-0.25, -0.2) is 0 Å². The minimum absolute atomic E-state index is 0.0578. The quantitative estimate of drug-likeness (QED) is 0.554. The molecule has 3 aromatic rings. The Morgan fingerprint density at radius 1 is 1.13 bits per heavy atom. The molecule has 2 aromatic heterocycles. The van der Waals surface area contributed by atoms with Crippen LogP contribution in [0.1, 0.15) is 5.56 Å². The molecule has 0 saturated heterocycles. The van der Waals surface area contributed by atoms with Gasteiger partial charge >= 0.3 is 6.18 Å². The number of benzene rings is 1. The highest BCUT2D eigenvalue weighted by molar-refractivity contribution is 7.99. The minimum Gasteiger partial charge on any atom is -0.486 e. The molecule has 1 aliphatic rings. The Morgan fingerprint density at radius 2 is 1.83 bits per heavy atom. The van der Waals surface area contributed by atoms with Crippen molar-refractivity contribution < 1.29 is 27.4 Å². The predicted molar refractivity (Wildman–Crippen MR) is 105 cm³/mol. The van der Waals surface area contributed by atoms with E-state index < -0.39 is 17.6 Å². The van der Waals surface area contributed by atoms with E-state index in [1.165, 1.54) is 6.07 Å². The summed E-state index contributed by atoms with van der Waals surface area (Å²) in [6.45, 7) is 0.776. The van der Waals surface area contributed by atoms with Gasteiger partial charge in [0.15, 0.2) is 22.3 Å². The Labute approximate surface area is 181 Å². The Kier molecular flexibility index (Phi) is 5.60. The second-order valence-electron chi connectivity index (χ2n) is 6.06. The molecule has 0 fully saturated rings. The molecule has 0 atom stereocenters. The van der Waals surface area contributed by atoms with Crippen LogP contribution in [0.4, 0.5) is 18.9 Å². The van der Waals surface area contributed by atoms with Gasteiger partial charge in [-0.05, 0) is 6.07 Å². The van der Waals surface area contributed by atoms with E-state index >= 15 is 0 Å². The van der Waals surface area contributed by atoms with Gasteiger partial charge in [-0.3, -0.25) is 9.20 Å². The number of thioether (sulfide) groups is 1. The Hall–Kier alpha value is -2.37. The van der Waals surface area contributed by atoms with E-state index in [1.807, 2.05) is 0 Å². The van der Waals surface area contributed by atoms with Crippen LogP contribution in [0.15, 0.2) is 29.6 Å². The number of nitrogens with zero attached hydrogens (tertiary/aromatic N) is 3. The van der Waals surface area contributed by atoms with Crippen LogP contribution in [0, 0.1) is 0 Å². The highest BCUT2D eigenvalue weighted by Crippen LogP contribution is 2.38. The SMILES string of the molecule is O=C(CSc1nnc2c(Cl)cc(C(F)(F)F)cn12)Nc1cc2c(cc1Cl)OCCO2. The number of amides is 1. The first kappa shape index (κ1) is 20.9. The fraction of sp³-hybridized carbons (Fsp3) is 0.235. The lowest BCUT2D eigenvalue weighted by atomic mass is 10.2. The molecular formula is C17H11Cl2F3N4O3S. The number of aromatic nitrogens is 3. The number of nitrogens with one attached hydrogen (secondary N) is 1. The third-order valence-corrected chi connectivity index (χ3v) is 5.53. The van der Waals surface area contributed by atoms with Crippen molar-refractivity contribution in [2.45, 2.75) is 11.3 Å². The van der Waals surface area contributed by atoms with Crippen LogP contribution < -0.4 is 14.8 Å². The first-order valence-electron chi connectivity index (χ1n) is 8.35. The maximum atomic E-state index is 13.0. The van der Waals surface area contributed by atoms with Crippen molar-refractivity contribution in [1.82, 2.24) is 14.6 Å². The van der Waals surface area contributed by atoms with Crippen molar-refractivity contribution in [3.8, 4) is 11.5 Å². The molecule has 0 bridgehead atoms. The van der Waals surface area contributed by atoms with Crippen LogP contribution >= 0.6 is 35.0 Å². The summed E-state index contributed by atoms with van der Waals surface area (Å²) in [6, 6.07) is 3.85. The van der Waals surface area contributed by atoms with Gasteiger partial charge in [0, 0.05) is 18.3 Å². The summed E-state index contributed by atoms with van der Waals surface area (Å²) in [5.41, 5.74) is -0.573. The van der Waals surface area contributed by atoms with E-state index in [-0.39, 0.29) is 26.6 Å². The maximum absolute atomic E-state index is 13.0. The van der Waals surface area contributed by atoms with Gasteiger partial charge in [-0.2, -0.15) is 13.2 Å². The average molecular weight is 479 g/mol. The molecule has 1 aromatic carbocycles. The van der Waals surface area contributed by atoms with Gasteiger partial charge in [0.25, 0.3) is 0 Å². The van der Waals surface area contributed by atoms with Crippen LogP contribution in [0.25, 0.3) is 5.65 Å². The number of carbonyl (C=O) groups excluding carboxylic acids is 1. The molecule has 0 aliphatic carbocycles. The van der Waals surface area contributed by atoms with Crippen LogP contribution in [-0.2, 0) is 11.0 Å². The number of hydrogen-bond acceptors (Lipinski definition) is 6. The number of hydrogen-bond donors (Lipinski definition) is 1. The lowest BCUT2D eigenvalue weighted by molar-refractivity contribution is -0.137. The Morgan fingerprint density at radius 3 is 2.53 bits per heavy atom. The molecule has 4 rings (SSSR count). The van der Waals surface area contributed by atoms with Crippen molar-refractivity contribution in [3.63, 3.8) is 0 Å². The highest BCUT2D eigenvalue weighted by Gasteiger charge is 2.32. The van der Waals surface area contributed by atoms with Crippen molar-refractivity contribution in [3.05, 3.63) is 40.0 Å². The summed E-state index contributed by atoms with van der Waals surface area (Å²) >= 11 is 12.9. The lowest BCUT2D eigenvalue weighted by Crippen LogP contribution is -2.17. The van der Waals surface area contributed by atoms with E-state index in [0.717, 1.165) is 28.4 Å². The number of anilines is 1. The average Bonchev–Trinajstić information content (AvgIpc) is 3.10. The van der Waals surface area contributed by atoms with E-state index in [4.69, 9.17) is 32.7 Å². The zero-order valence-corrected chi connectivity index (χ0v) is 17.1. The zero-order chi connectivity index (χ0) is 21.5. The minimum atomic E-state index is -4.59. The van der Waals surface area contributed by atoms with Crippen molar-refractivity contribution >= 4 is 52.2 Å². The molecule has 0 radical (unpaired) electrons. The summed E-state index contributed by atoms with van der Waals surface area (Å²) in [5.74, 6) is 0.324. The third-order valence-electron chi connectivity index (χ3n) is 3.99. The fourth-order valence-electron chi connectivity index (χ4n) is 2.66. The first-order chi connectivity index (χ1) is 14.2. The van der Waals surface area contributed by atoms with E-state index in [1.54, 1.807) is 6.07 Å². The van der Waals surface area contributed by atoms with Crippen molar-refractivity contribution in [2.24, 2.45) is 0 Å². The van der Waals surface area contributed by atoms with Crippen LogP contribution in [0.3, 0.4) is 0 Å². The third kappa shape index (κ3) is 4.23. The summed E-state index contributed by atoms with van der Waals surface area (Å²) < 4.78 is 51.1. The number of alkyl halides is 3. The molecule has 1 N–H and O–H groups in total. The second-order valence-corrected chi connectivity index (χ2v) is 7.82. The normalized spacial score (nSPS) is 13.5. The molecule has 7 nitrogen and oxygen atoms in total. The van der Waals surface area contributed by atoms with Crippen molar-refractivity contribution in [2.75, 3.05) is 24.3 Å². The number of fused-ring (bicyclic) bond motifs is 2. The highest BCUT2D eigenvalue weighted by atomic mass is 35.5. The largest absolute Gasteiger partial charge is 0.486 e. The molecule has 1 aliphatic heterocycles. The molecule has 0 saturated carbocycles. The van der Waals surface area contributed by atoms with Gasteiger partial charge < -0.3 is 14.8 Å². The van der Waals surface area contributed by atoms with Crippen LogP contribution in [0.2, 0.25) is 10.0 Å². The van der Waals surface area contributed by atoms with Gasteiger partial charge in [-0.15, -0.1) is 10.2 Å². The zero-order valence-electron chi connectivity index (χ0n) is 14.8. The molecule has 158 valence electrons. The molecule has 3 heterocycles. The standard InChI is InChI=1S/C17H11Cl2F3N4O3S/c18-9-4-12-13(29-2-1-28-12)5-11(9)23-14(27)7-30-16-25-24-15-10(19)3-8(6-26(15)16)17(20,21)22/h3-6H,1-2,7H2,(H,23,27). The van der Waals surface area contributed by atoms with Gasteiger partial charge in [0.2, 0.25) is 5.91 Å². The summed E-state index contributed by atoms with van der Waals surface area (Å²) in [4.78, 5) is 12.3. The number of pyridine rings is 1. The number of carbonyl (C=O) groups is 1. The first-order valence-corrected chi connectivity index (χ1v) is 10.1. The molecular weight excluding hydrogens is 468 g/mol. The monoisotopic (exact) mass is 478 g/mol. The molecule has 30 heavy (non-hydrogen) atoms. The maximum Gasteiger partial charge on any atom is 0.417 e. The molecule has 0 unspecified atom stereocenters. The predicted octanol–water partition coefficient (Wildman–Crippen LogP) is 4.56.